The molecule has 0 atom stereocenters. The Morgan fingerprint density at radius 2 is 2.25 bits per heavy atom. The van der Waals surface area contributed by atoms with Crippen LogP contribution in [0, 0.1) is 12.8 Å². The zero-order valence-corrected chi connectivity index (χ0v) is 9.55. The summed E-state index contributed by atoms with van der Waals surface area (Å²) >= 11 is 0. The second-order valence-electron chi connectivity index (χ2n) is 4.31. The molecule has 1 aromatic heterocycles. The molecule has 0 radical (unpaired) electrons. The van der Waals surface area contributed by atoms with Crippen molar-refractivity contribution in [1.29, 1.82) is 0 Å². The normalized spacial score (nSPS) is 17.3. The minimum absolute atomic E-state index is 0.0969. The lowest BCUT2D eigenvalue weighted by Crippen LogP contribution is -2.31. The van der Waals surface area contributed by atoms with Crippen LogP contribution in [0.1, 0.15) is 18.5 Å². The molecule has 1 aliphatic rings. The average molecular weight is 222 g/mol. The summed E-state index contributed by atoms with van der Waals surface area (Å²) in [6, 6.07) is 1.50. The molecule has 5 heteroatoms. The van der Waals surface area contributed by atoms with Crippen molar-refractivity contribution in [2.75, 3.05) is 25.0 Å². The second kappa shape index (κ2) is 5.12. The molecule has 88 valence electrons. The molecule has 0 aromatic carbocycles. The van der Waals surface area contributed by atoms with Crippen LogP contribution in [0.25, 0.3) is 0 Å². The van der Waals surface area contributed by atoms with Crippen molar-refractivity contribution >= 4 is 5.95 Å². The Morgan fingerprint density at radius 1 is 1.50 bits per heavy atom. The smallest absolute Gasteiger partial charge is 0.252 e. The van der Waals surface area contributed by atoms with Gasteiger partial charge in [0.25, 0.3) is 5.56 Å². The van der Waals surface area contributed by atoms with Crippen LogP contribution in [0.2, 0.25) is 0 Å². The molecule has 0 spiro atoms. The third kappa shape index (κ3) is 3.06. The first-order valence-electron chi connectivity index (χ1n) is 5.76. The van der Waals surface area contributed by atoms with E-state index in [0.29, 0.717) is 11.9 Å². The Bertz CT molecular complexity index is 395. The van der Waals surface area contributed by atoms with Gasteiger partial charge in [-0.05, 0) is 38.8 Å². The summed E-state index contributed by atoms with van der Waals surface area (Å²) in [5.74, 6) is 1.26. The number of aromatic nitrogens is 2. The Kier molecular flexibility index (Phi) is 3.56. The first kappa shape index (κ1) is 11.1. The fourth-order valence-corrected chi connectivity index (χ4v) is 1.99. The highest BCUT2D eigenvalue weighted by atomic mass is 16.1. The molecular formula is C11H18N4O. The van der Waals surface area contributed by atoms with Gasteiger partial charge in [-0.3, -0.25) is 9.78 Å². The van der Waals surface area contributed by atoms with E-state index in [1.54, 1.807) is 0 Å². The number of hydrogen-bond donors (Lipinski definition) is 3. The monoisotopic (exact) mass is 222 g/mol. The van der Waals surface area contributed by atoms with E-state index >= 15 is 0 Å². The second-order valence-corrected chi connectivity index (χ2v) is 4.31. The van der Waals surface area contributed by atoms with E-state index < -0.39 is 0 Å². The van der Waals surface area contributed by atoms with E-state index in [1.165, 1.54) is 18.9 Å². The summed E-state index contributed by atoms with van der Waals surface area (Å²) < 4.78 is 0. The highest BCUT2D eigenvalue weighted by Crippen LogP contribution is 2.11. The quantitative estimate of drug-likeness (QED) is 0.696. The van der Waals surface area contributed by atoms with Crippen LogP contribution in [0.3, 0.4) is 0 Å². The maximum absolute atomic E-state index is 11.2. The van der Waals surface area contributed by atoms with Crippen LogP contribution in [0.15, 0.2) is 10.9 Å². The molecule has 1 saturated heterocycles. The summed E-state index contributed by atoms with van der Waals surface area (Å²) in [6.45, 7) is 4.88. The number of nitrogens with zero attached hydrogens (tertiary/aromatic N) is 1. The summed E-state index contributed by atoms with van der Waals surface area (Å²) in [6.07, 6.45) is 2.37. The Balaban J connectivity index is 1.90. The zero-order chi connectivity index (χ0) is 11.4. The fraction of sp³-hybridized carbons (Fsp3) is 0.636. The van der Waals surface area contributed by atoms with Crippen LogP contribution >= 0.6 is 0 Å². The average Bonchev–Trinajstić information content (AvgIpc) is 2.27. The van der Waals surface area contributed by atoms with Crippen molar-refractivity contribution in [3.8, 4) is 0 Å². The van der Waals surface area contributed by atoms with E-state index in [4.69, 9.17) is 0 Å². The van der Waals surface area contributed by atoms with Crippen molar-refractivity contribution in [3.63, 3.8) is 0 Å². The molecule has 0 bridgehead atoms. The summed E-state index contributed by atoms with van der Waals surface area (Å²) in [7, 11) is 0. The third-order valence-corrected chi connectivity index (χ3v) is 2.89. The molecule has 2 rings (SSSR count). The predicted octanol–water partition coefficient (Wildman–Crippen LogP) is 0.490. The number of hydrogen-bond acceptors (Lipinski definition) is 4. The van der Waals surface area contributed by atoms with Gasteiger partial charge in [0, 0.05) is 18.3 Å². The largest absolute Gasteiger partial charge is 0.355 e. The Morgan fingerprint density at radius 3 is 2.94 bits per heavy atom. The molecule has 2 heterocycles. The van der Waals surface area contributed by atoms with Gasteiger partial charge in [-0.1, -0.05) is 0 Å². The molecule has 5 nitrogen and oxygen atoms in total. The number of aryl methyl sites for hydroxylation is 1. The topological polar surface area (TPSA) is 69.8 Å². The molecular weight excluding hydrogens is 204 g/mol. The minimum atomic E-state index is -0.0969. The number of aromatic amines is 1. The molecule has 1 aliphatic heterocycles. The summed E-state index contributed by atoms with van der Waals surface area (Å²) in [5.41, 5.74) is 0.650. The Hall–Kier alpha value is -1.36. The van der Waals surface area contributed by atoms with Crippen LogP contribution < -0.4 is 16.2 Å². The molecule has 0 saturated carbocycles. The Labute approximate surface area is 94.7 Å². The minimum Gasteiger partial charge on any atom is -0.355 e. The van der Waals surface area contributed by atoms with E-state index in [0.717, 1.165) is 25.3 Å². The van der Waals surface area contributed by atoms with Crippen LogP contribution in [0.5, 0.6) is 0 Å². The maximum atomic E-state index is 11.2. The molecule has 0 aliphatic carbocycles. The SMILES string of the molecule is Cc1cc(=O)[nH]c(NCC2CCNCC2)n1. The van der Waals surface area contributed by atoms with E-state index in [9.17, 15) is 4.79 Å². The molecule has 3 N–H and O–H groups in total. The van der Waals surface area contributed by atoms with Crippen molar-refractivity contribution < 1.29 is 0 Å². The first-order chi connectivity index (χ1) is 7.74. The molecule has 1 aromatic rings. The molecule has 1 fully saturated rings. The molecule has 0 amide bonds. The van der Waals surface area contributed by atoms with E-state index in [2.05, 4.69) is 20.6 Å². The highest BCUT2D eigenvalue weighted by Gasteiger charge is 2.12. The van der Waals surface area contributed by atoms with Crippen molar-refractivity contribution in [2.24, 2.45) is 5.92 Å². The van der Waals surface area contributed by atoms with Crippen molar-refractivity contribution in [2.45, 2.75) is 19.8 Å². The summed E-state index contributed by atoms with van der Waals surface area (Å²) in [5, 5.41) is 6.53. The maximum Gasteiger partial charge on any atom is 0.252 e. The van der Waals surface area contributed by atoms with Crippen LogP contribution in [-0.2, 0) is 0 Å². The van der Waals surface area contributed by atoms with Gasteiger partial charge in [0.1, 0.15) is 0 Å². The fourth-order valence-electron chi connectivity index (χ4n) is 1.99. The van der Waals surface area contributed by atoms with Gasteiger partial charge in [0.05, 0.1) is 0 Å². The van der Waals surface area contributed by atoms with Gasteiger partial charge in [0.2, 0.25) is 5.95 Å². The van der Waals surface area contributed by atoms with Crippen LogP contribution in [0.4, 0.5) is 5.95 Å². The first-order valence-corrected chi connectivity index (χ1v) is 5.76. The zero-order valence-electron chi connectivity index (χ0n) is 9.55. The van der Waals surface area contributed by atoms with Crippen LogP contribution in [-0.4, -0.2) is 29.6 Å². The van der Waals surface area contributed by atoms with E-state index in [1.807, 2.05) is 6.92 Å². The number of anilines is 1. The number of H-pyrrole nitrogens is 1. The lowest BCUT2D eigenvalue weighted by Gasteiger charge is -2.22. The van der Waals surface area contributed by atoms with Crippen molar-refractivity contribution in [3.05, 3.63) is 22.1 Å². The molecule has 16 heavy (non-hydrogen) atoms. The van der Waals surface area contributed by atoms with Gasteiger partial charge in [-0.2, -0.15) is 0 Å². The molecule has 0 unspecified atom stereocenters. The predicted molar refractivity (Wildman–Crippen MR) is 63.7 cm³/mol. The number of piperidine rings is 1. The number of nitrogens with one attached hydrogen (secondary N) is 3. The van der Waals surface area contributed by atoms with E-state index in [-0.39, 0.29) is 5.56 Å². The van der Waals surface area contributed by atoms with Gasteiger partial charge in [-0.15, -0.1) is 0 Å². The summed E-state index contributed by atoms with van der Waals surface area (Å²) in [4.78, 5) is 18.1. The highest BCUT2D eigenvalue weighted by molar-refractivity contribution is 5.24. The van der Waals surface area contributed by atoms with Gasteiger partial charge >= 0.3 is 0 Å². The van der Waals surface area contributed by atoms with Gasteiger partial charge in [-0.25, -0.2) is 4.98 Å². The number of rotatable bonds is 3. The lowest BCUT2D eigenvalue weighted by atomic mass is 9.98. The third-order valence-electron chi connectivity index (χ3n) is 2.89. The standard InChI is InChI=1S/C11H18N4O/c1-8-6-10(16)15-11(14-8)13-7-9-2-4-12-5-3-9/h6,9,12H,2-5,7H2,1H3,(H2,13,14,15,16). The van der Waals surface area contributed by atoms with Gasteiger partial charge < -0.3 is 10.6 Å². The van der Waals surface area contributed by atoms with Gasteiger partial charge in [0.15, 0.2) is 0 Å². The van der Waals surface area contributed by atoms with Crippen molar-refractivity contribution in [1.82, 2.24) is 15.3 Å². The lowest BCUT2D eigenvalue weighted by molar-refractivity contribution is 0.389.